The van der Waals surface area contributed by atoms with Gasteiger partial charge >= 0.3 is 0 Å². The van der Waals surface area contributed by atoms with Gasteiger partial charge < -0.3 is 0 Å². The van der Waals surface area contributed by atoms with Crippen molar-refractivity contribution in [3.05, 3.63) is 69.4 Å². The number of benzene rings is 1. The number of rotatable bonds is 3. The van der Waals surface area contributed by atoms with Crippen LogP contribution < -0.4 is 0 Å². The fourth-order valence-corrected chi connectivity index (χ4v) is 2.85. The monoisotopic (exact) mass is 311 g/mol. The van der Waals surface area contributed by atoms with E-state index in [9.17, 15) is 0 Å². The van der Waals surface area contributed by atoms with Crippen molar-refractivity contribution < 1.29 is 0 Å². The van der Waals surface area contributed by atoms with Crippen molar-refractivity contribution in [2.75, 3.05) is 0 Å². The fourth-order valence-electron chi connectivity index (χ4n) is 1.96. The van der Waals surface area contributed by atoms with E-state index in [0.29, 0.717) is 10.0 Å². The summed E-state index contributed by atoms with van der Waals surface area (Å²) in [7, 11) is 0. The molecule has 0 spiro atoms. The van der Waals surface area contributed by atoms with Gasteiger partial charge in [-0.25, -0.2) is 0 Å². The zero-order valence-electron chi connectivity index (χ0n) is 10.3. The number of halogens is 3. The van der Waals surface area contributed by atoms with E-state index >= 15 is 0 Å². The summed E-state index contributed by atoms with van der Waals surface area (Å²) in [5.74, 6) is 0.0615. The summed E-state index contributed by atoms with van der Waals surface area (Å²) in [5.41, 5.74) is 4.52. The molecule has 4 heteroatoms. The van der Waals surface area contributed by atoms with E-state index in [4.69, 9.17) is 34.8 Å². The van der Waals surface area contributed by atoms with Crippen LogP contribution >= 0.6 is 34.8 Å². The molecule has 1 nitrogen and oxygen atoms in total. The van der Waals surface area contributed by atoms with Gasteiger partial charge in [0.15, 0.2) is 0 Å². The molecule has 0 aliphatic heterocycles. The molecule has 0 N–H and O–H groups in total. The van der Waals surface area contributed by atoms with Crippen LogP contribution in [0.15, 0.2) is 48.3 Å². The molecule has 0 bridgehead atoms. The topological polar surface area (TPSA) is 12.9 Å². The Hall–Kier alpha value is -1.02. The van der Waals surface area contributed by atoms with Crippen LogP contribution in [0.3, 0.4) is 0 Å². The molecular formula is C15H12Cl3N. The van der Waals surface area contributed by atoms with Gasteiger partial charge in [-0.3, -0.25) is 4.98 Å². The number of hydrogen-bond acceptors (Lipinski definition) is 1. The molecule has 1 aromatic carbocycles. The summed E-state index contributed by atoms with van der Waals surface area (Å²) in [5, 5.41) is 1.26. The second-order valence-electron chi connectivity index (χ2n) is 4.19. The van der Waals surface area contributed by atoms with Gasteiger partial charge in [-0.1, -0.05) is 53.9 Å². The van der Waals surface area contributed by atoms with Gasteiger partial charge in [0.2, 0.25) is 0 Å². The number of nitrogens with zero attached hydrogens (tertiary/aromatic N) is 1. The second-order valence-corrected chi connectivity index (χ2v) is 5.26. The number of hydrogen-bond donors (Lipinski definition) is 0. The predicted molar refractivity (Wildman–Crippen MR) is 82.9 cm³/mol. The van der Waals surface area contributed by atoms with Crippen molar-refractivity contribution in [2.24, 2.45) is 0 Å². The molecule has 98 valence electrons. The molecule has 0 saturated carbocycles. The maximum atomic E-state index is 6.24. The van der Waals surface area contributed by atoms with Gasteiger partial charge in [-0.15, -0.1) is 0 Å². The van der Waals surface area contributed by atoms with E-state index in [1.165, 1.54) is 0 Å². The van der Waals surface area contributed by atoms with E-state index < -0.39 is 0 Å². The van der Waals surface area contributed by atoms with Gasteiger partial charge in [-0.2, -0.15) is 0 Å². The SMILES string of the molecule is CC(C(=CCl)c1cccnc1)c1ccc(Cl)cc1Cl. The summed E-state index contributed by atoms with van der Waals surface area (Å²) in [6.07, 6.45) is 3.52. The summed E-state index contributed by atoms with van der Waals surface area (Å²) in [6.45, 7) is 2.05. The van der Waals surface area contributed by atoms with Gasteiger partial charge in [0.25, 0.3) is 0 Å². The highest BCUT2D eigenvalue weighted by molar-refractivity contribution is 6.35. The quantitative estimate of drug-likeness (QED) is 0.701. The Kier molecular flexibility index (Phi) is 4.87. The highest BCUT2D eigenvalue weighted by Crippen LogP contribution is 2.36. The van der Waals surface area contributed by atoms with Crippen LogP contribution in [0.1, 0.15) is 24.0 Å². The largest absolute Gasteiger partial charge is 0.264 e. The van der Waals surface area contributed by atoms with Crippen LogP contribution in [-0.4, -0.2) is 4.98 Å². The maximum Gasteiger partial charge on any atom is 0.0458 e. The van der Waals surface area contributed by atoms with Gasteiger partial charge in [0.05, 0.1) is 0 Å². The maximum absolute atomic E-state index is 6.24. The average molecular weight is 313 g/mol. The molecule has 0 fully saturated rings. The lowest BCUT2D eigenvalue weighted by molar-refractivity contribution is 0.988. The minimum atomic E-state index is 0.0615. The predicted octanol–water partition coefficient (Wildman–Crippen LogP) is 5.77. The summed E-state index contributed by atoms with van der Waals surface area (Å²) in [4.78, 5) is 4.11. The van der Waals surface area contributed by atoms with Crippen molar-refractivity contribution in [2.45, 2.75) is 12.8 Å². The number of pyridine rings is 1. The Labute approximate surface area is 127 Å². The molecule has 2 rings (SSSR count). The first-order valence-corrected chi connectivity index (χ1v) is 6.98. The highest BCUT2D eigenvalue weighted by Gasteiger charge is 2.16. The van der Waals surface area contributed by atoms with Crippen LogP contribution in [0.25, 0.3) is 5.57 Å². The zero-order valence-corrected chi connectivity index (χ0v) is 12.5. The summed E-state index contributed by atoms with van der Waals surface area (Å²) >= 11 is 18.1. The van der Waals surface area contributed by atoms with Crippen LogP contribution in [0.5, 0.6) is 0 Å². The van der Waals surface area contributed by atoms with Crippen molar-refractivity contribution in [3.63, 3.8) is 0 Å². The third-order valence-electron chi connectivity index (χ3n) is 3.01. The van der Waals surface area contributed by atoms with E-state index in [1.807, 2.05) is 24.3 Å². The number of allylic oxidation sites excluding steroid dienone is 1. The minimum absolute atomic E-state index is 0.0615. The Morgan fingerprint density at radius 3 is 2.63 bits per heavy atom. The third kappa shape index (κ3) is 3.30. The third-order valence-corrected chi connectivity index (χ3v) is 3.81. The molecule has 1 unspecified atom stereocenters. The summed E-state index contributed by atoms with van der Waals surface area (Å²) in [6, 6.07) is 9.35. The number of aromatic nitrogens is 1. The first-order chi connectivity index (χ1) is 9.13. The van der Waals surface area contributed by atoms with Crippen LogP contribution in [-0.2, 0) is 0 Å². The van der Waals surface area contributed by atoms with Crippen LogP contribution in [0, 0.1) is 0 Å². The highest BCUT2D eigenvalue weighted by atomic mass is 35.5. The first kappa shape index (κ1) is 14.4. The molecule has 19 heavy (non-hydrogen) atoms. The Morgan fingerprint density at radius 2 is 2.05 bits per heavy atom. The smallest absolute Gasteiger partial charge is 0.0458 e. The van der Waals surface area contributed by atoms with Crippen molar-refractivity contribution in [1.29, 1.82) is 0 Å². The van der Waals surface area contributed by atoms with Crippen LogP contribution in [0.4, 0.5) is 0 Å². The molecule has 2 aromatic rings. The molecule has 1 heterocycles. The van der Waals surface area contributed by atoms with Crippen molar-refractivity contribution >= 4 is 40.4 Å². The Morgan fingerprint density at radius 1 is 1.26 bits per heavy atom. The van der Waals surface area contributed by atoms with E-state index in [2.05, 4.69) is 11.9 Å². The first-order valence-electron chi connectivity index (χ1n) is 5.79. The van der Waals surface area contributed by atoms with E-state index in [1.54, 1.807) is 24.0 Å². The van der Waals surface area contributed by atoms with E-state index in [-0.39, 0.29) is 5.92 Å². The molecule has 0 aliphatic rings. The second kappa shape index (κ2) is 6.42. The van der Waals surface area contributed by atoms with Gasteiger partial charge in [0, 0.05) is 33.9 Å². The lowest BCUT2D eigenvalue weighted by Gasteiger charge is -2.17. The van der Waals surface area contributed by atoms with Crippen molar-refractivity contribution in [1.82, 2.24) is 4.98 Å². The zero-order chi connectivity index (χ0) is 13.8. The molecule has 1 aromatic heterocycles. The fraction of sp³-hybridized carbons (Fsp3) is 0.133. The van der Waals surface area contributed by atoms with E-state index in [0.717, 1.165) is 16.7 Å². The Bertz CT molecular complexity index is 594. The molecule has 0 saturated heterocycles. The minimum Gasteiger partial charge on any atom is -0.264 e. The molecule has 0 amide bonds. The van der Waals surface area contributed by atoms with Gasteiger partial charge in [0.1, 0.15) is 0 Å². The molecular weight excluding hydrogens is 301 g/mol. The standard InChI is InChI=1S/C15H12Cl3N/c1-10(13-5-4-12(17)7-15(13)18)14(8-16)11-3-2-6-19-9-11/h2-10H,1H3. The van der Waals surface area contributed by atoms with Crippen molar-refractivity contribution in [3.8, 4) is 0 Å². The summed E-state index contributed by atoms with van der Waals surface area (Å²) < 4.78 is 0. The molecule has 0 aliphatic carbocycles. The lowest BCUT2D eigenvalue weighted by atomic mass is 9.90. The average Bonchev–Trinajstić information content (AvgIpc) is 2.40. The molecule has 0 radical (unpaired) electrons. The molecule has 1 atom stereocenters. The van der Waals surface area contributed by atoms with Gasteiger partial charge in [-0.05, 0) is 34.9 Å². The lowest BCUT2D eigenvalue weighted by Crippen LogP contribution is -1.99. The Balaban J connectivity index is 2.40. The normalized spacial score (nSPS) is 13.4. The van der Waals surface area contributed by atoms with Crippen LogP contribution in [0.2, 0.25) is 10.0 Å².